The lowest BCUT2D eigenvalue weighted by Gasteiger charge is -2.02. The molecule has 0 atom stereocenters. The molecule has 0 saturated heterocycles. The average Bonchev–Trinajstić information content (AvgIpc) is 3.80. The summed E-state index contributed by atoms with van der Waals surface area (Å²) >= 11 is 0. The number of rotatable bonds is 8. The number of nitrogens with one attached hydrogen (secondary N) is 2. The van der Waals surface area contributed by atoms with E-state index < -0.39 is 0 Å². The molecule has 0 radical (unpaired) electrons. The molecule has 44 heavy (non-hydrogen) atoms. The molecular weight excluding hydrogens is 552 g/mol. The van der Waals surface area contributed by atoms with Crippen LogP contribution in [0.1, 0.15) is 91.9 Å². The van der Waals surface area contributed by atoms with Gasteiger partial charge in [0.1, 0.15) is 0 Å². The molecule has 8 heteroatoms. The van der Waals surface area contributed by atoms with Crippen molar-refractivity contribution in [3.8, 4) is 0 Å². The lowest BCUT2D eigenvalue weighted by Crippen LogP contribution is -2.02. The van der Waals surface area contributed by atoms with Crippen LogP contribution in [0.2, 0.25) is 0 Å². The second-order valence-electron chi connectivity index (χ2n) is 9.96. The highest BCUT2D eigenvalue weighted by Crippen LogP contribution is 2.28. The van der Waals surface area contributed by atoms with Gasteiger partial charge in [0.2, 0.25) is 0 Å². The molecule has 5 heterocycles. The molecule has 3 aromatic heterocycles. The van der Waals surface area contributed by atoms with Crippen LogP contribution in [0, 0.1) is 0 Å². The van der Waals surface area contributed by atoms with Crippen LogP contribution in [-0.4, -0.2) is 43.1 Å². The Labute approximate surface area is 254 Å². The molecule has 218 valence electrons. The first-order valence-electron chi connectivity index (χ1n) is 14.2. The minimum Gasteiger partial charge on any atom is -0.354 e. The molecular formula is C36H30N4O4. The topological polar surface area (TPSA) is 126 Å². The predicted octanol–water partition coefficient (Wildman–Crippen LogP) is 7.69. The molecule has 0 aromatic carbocycles. The molecule has 2 N–H and O–H groups in total. The van der Waals surface area contributed by atoms with E-state index in [1.807, 2.05) is 0 Å². The number of H-pyrrole nitrogens is 2. The van der Waals surface area contributed by atoms with E-state index in [-0.39, 0.29) is 45.4 Å². The van der Waals surface area contributed by atoms with E-state index in [0.717, 1.165) is 0 Å². The molecule has 0 spiro atoms. The molecule has 0 unspecified atom stereocenters. The largest absolute Gasteiger partial charge is 0.354 e. The standard InChI is InChI=1S/C36H30N4O4/c1-5-9-29(41)33-21-13-15-23(37-21)34(30(42)10-6-2)25-17-19-27(39-25)36(32(44)12-8-4)28-20-18-26(40-28)35(31(43)11-7-3)24-16-14-22(33)38-24/h5-20,37,40H,1-4H3/b9-5+,10-6+,11-7+,12-8+,33-21?,33-22?,34-23?,34-25?,35-24?,35-26?,36-27?,36-28?. The molecule has 0 amide bonds. The SMILES string of the molecule is C/C=C/C(=O)c1c2nc(c(C(=O)/C=C/C)c3ccc([nH]3)c(C(=O)/C=C/C)c3nc(c(C(=O)/C=C/C)c4ccc1[nH]4)C=C3)C=C2. The number of aromatic amines is 2. The first kappa shape index (κ1) is 29.7. The van der Waals surface area contributed by atoms with Crippen molar-refractivity contribution < 1.29 is 19.2 Å². The van der Waals surface area contributed by atoms with Crippen molar-refractivity contribution in [3.63, 3.8) is 0 Å². The first-order valence-corrected chi connectivity index (χ1v) is 14.2. The Morgan fingerprint density at radius 1 is 0.455 bits per heavy atom. The third-order valence-electron chi connectivity index (χ3n) is 7.01. The van der Waals surface area contributed by atoms with Crippen molar-refractivity contribution in [3.05, 3.63) is 118 Å². The van der Waals surface area contributed by atoms with E-state index in [9.17, 15) is 19.2 Å². The molecule has 3 aromatic rings. The van der Waals surface area contributed by atoms with Gasteiger partial charge >= 0.3 is 0 Å². The summed E-state index contributed by atoms with van der Waals surface area (Å²) < 4.78 is 0. The Morgan fingerprint density at radius 3 is 0.886 bits per heavy atom. The van der Waals surface area contributed by atoms with Gasteiger partial charge in [-0.25, -0.2) is 9.97 Å². The monoisotopic (exact) mass is 582 g/mol. The van der Waals surface area contributed by atoms with Crippen LogP contribution in [0.4, 0.5) is 0 Å². The number of carbonyl (C=O) groups excluding carboxylic acids is 4. The Kier molecular flexibility index (Phi) is 8.53. The van der Waals surface area contributed by atoms with Crippen LogP contribution in [0.15, 0.2) is 72.9 Å². The van der Waals surface area contributed by atoms with Gasteiger partial charge < -0.3 is 9.97 Å². The Hall–Kier alpha value is -5.76. The Balaban J connectivity index is 2.06. The van der Waals surface area contributed by atoms with Gasteiger partial charge in [0, 0.05) is 0 Å². The smallest absolute Gasteiger partial charge is 0.189 e. The highest BCUT2D eigenvalue weighted by atomic mass is 16.1. The summed E-state index contributed by atoms with van der Waals surface area (Å²) in [6.07, 6.45) is 19.1. The number of fused-ring (bicyclic) bond motifs is 8. The third-order valence-corrected chi connectivity index (χ3v) is 7.01. The van der Waals surface area contributed by atoms with Gasteiger partial charge in [0.15, 0.2) is 23.1 Å². The normalized spacial score (nSPS) is 12.8. The molecule has 5 rings (SSSR count). The molecule has 0 saturated carbocycles. The first-order chi connectivity index (χ1) is 21.3. The highest BCUT2D eigenvalue weighted by Gasteiger charge is 2.22. The van der Waals surface area contributed by atoms with Gasteiger partial charge in [0.05, 0.1) is 67.1 Å². The number of carbonyl (C=O) groups is 4. The van der Waals surface area contributed by atoms with Gasteiger partial charge in [-0.05, 0) is 101 Å². The lowest BCUT2D eigenvalue weighted by molar-refractivity contribution is 0.103. The maximum absolute atomic E-state index is 13.4. The van der Waals surface area contributed by atoms with E-state index in [0.29, 0.717) is 44.8 Å². The van der Waals surface area contributed by atoms with E-state index in [4.69, 9.17) is 9.97 Å². The minimum absolute atomic E-state index is 0.277. The van der Waals surface area contributed by atoms with Crippen molar-refractivity contribution in [1.29, 1.82) is 0 Å². The molecule has 0 aliphatic carbocycles. The van der Waals surface area contributed by atoms with Crippen LogP contribution < -0.4 is 0 Å². The minimum atomic E-state index is -0.299. The van der Waals surface area contributed by atoms with Crippen molar-refractivity contribution in [2.24, 2.45) is 0 Å². The van der Waals surface area contributed by atoms with Crippen LogP contribution in [-0.2, 0) is 0 Å². The summed E-state index contributed by atoms with van der Waals surface area (Å²) in [5, 5.41) is 0. The number of ketones is 4. The van der Waals surface area contributed by atoms with Gasteiger partial charge in [-0.15, -0.1) is 0 Å². The number of nitrogens with zero attached hydrogens (tertiary/aromatic N) is 2. The van der Waals surface area contributed by atoms with Crippen molar-refractivity contribution >= 4 is 69.5 Å². The quantitative estimate of drug-likeness (QED) is 0.143. The highest BCUT2D eigenvalue weighted by molar-refractivity contribution is 6.17. The zero-order chi connectivity index (χ0) is 31.4. The zero-order valence-corrected chi connectivity index (χ0v) is 24.8. The van der Waals surface area contributed by atoms with Crippen LogP contribution in [0.25, 0.3) is 46.4 Å². The van der Waals surface area contributed by atoms with E-state index >= 15 is 0 Å². The summed E-state index contributed by atoms with van der Waals surface area (Å²) in [5.41, 5.74) is 4.29. The lowest BCUT2D eigenvalue weighted by atomic mass is 10.1. The Bertz CT molecular complexity index is 1790. The summed E-state index contributed by atoms with van der Waals surface area (Å²) in [4.78, 5) is 69.7. The zero-order valence-electron chi connectivity index (χ0n) is 24.8. The van der Waals surface area contributed by atoms with Crippen molar-refractivity contribution in [2.75, 3.05) is 0 Å². The molecule has 8 bridgehead atoms. The molecule has 0 fully saturated rings. The van der Waals surface area contributed by atoms with E-state index in [2.05, 4.69) is 9.97 Å². The fourth-order valence-corrected chi connectivity index (χ4v) is 5.18. The molecule has 8 nitrogen and oxygen atoms in total. The summed E-state index contributed by atoms with van der Waals surface area (Å²) in [6, 6.07) is 6.85. The van der Waals surface area contributed by atoms with Crippen molar-refractivity contribution in [1.82, 2.24) is 19.9 Å². The van der Waals surface area contributed by atoms with Gasteiger partial charge in [-0.1, -0.05) is 24.3 Å². The van der Waals surface area contributed by atoms with Gasteiger partial charge in [0.25, 0.3) is 0 Å². The maximum atomic E-state index is 13.4. The molecule has 2 aliphatic rings. The Morgan fingerprint density at radius 2 is 0.682 bits per heavy atom. The van der Waals surface area contributed by atoms with Crippen LogP contribution in [0.5, 0.6) is 0 Å². The molecule has 2 aliphatic heterocycles. The number of hydrogen-bond donors (Lipinski definition) is 2. The number of hydrogen-bond acceptors (Lipinski definition) is 6. The predicted molar refractivity (Wildman–Crippen MR) is 175 cm³/mol. The second-order valence-corrected chi connectivity index (χ2v) is 9.96. The van der Waals surface area contributed by atoms with Gasteiger partial charge in [-0.2, -0.15) is 0 Å². The fourth-order valence-electron chi connectivity index (χ4n) is 5.18. The third kappa shape index (κ3) is 5.53. The van der Waals surface area contributed by atoms with Crippen molar-refractivity contribution in [2.45, 2.75) is 27.7 Å². The summed E-state index contributed by atoms with van der Waals surface area (Å²) in [7, 11) is 0. The van der Waals surface area contributed by atoms with Gasteiger partial charge in [-0.3, -0.25) is 19.2 Å². The summed E-state index contributed by atoms with van der Waals surface area (Å²) in [5.74, 6) is -1.20. The summed E-state index contributed by atoms with van der Waals surface area (Å²) in [6.45, 7) is 6.98. The maximum Gasteiger partial charge on any atom is 0.189 e. The number of aromatic nitrogens is 4. The van der Waals surface area contributed by atoms with Crippen LogP contribution >= 0.6 is 0 Å². The average molecular weight is 583 g/mol. The fraction of sp³-hybridized carbons (Fsp3) is 0.111. The van der Waals surface area contributed by atoms with Crippen LogP contribution in [0.3, 0.4) is 0 Å². The second kappa shape index (κ2) is 12.6. The van der Waals surface area contributed by atoms with E-state index in [1.54, 1.807) is 101 Å². The van der Waals surface area contributed by atoms with E-state index in [1.165, 1.54) is 24.3 Å². The number of allylic oxidation sites excluding steroid dienone is 8.